The van der Waals surface area contributed by atoms with Crippen LogP contribution < -0.4 is 5.32 Å². The second kappa shape index (κ2) is 5.64. The van der Waals surface area contributed by atoms with Gasteiger partial charge in [0.25, 0.3) is 0 Å². The molecule has 0 fully saturated rings. The molecule has 0 saturated carbocycles. The lowest BCUT2D eigenvalue weighted by Gasteiger charge is -2.19. The number of ether oxygens (including phenoxy) is 1. The van der Waals surface area contributed by atoms with E-state index in [9.17, 15) is 4.79 Å². The summed E-state index contributed by atoms with van der Waals surface area (Å²) in [4.78, 5) is 11.1. The monoisotopic (exact) mass is 300 g/mol. The van der Waals surface area contributed by atoms with Crippen molar-refractivity contribution in [2.24, 2.45) is 0 Å². The van der Waals surface area contributed by atoms with Gasteiger partial charge >= 0.3 is 6.09 Å². The Morgan fingerprint density at radius 3 is 2.46 bits per heavy atom. The number of halogens is 1. The molecule has 1 amide bonds. The van der Waals surface area contributed by atoms with Gasteiger partial charge in [0.2, 0.25) is 0 Å². The molecule has 0 atom stereocenters. The van der Waals surface area contributed by atoms with Crippen LogP contribution in [0, 0.1) is 0 Å². The van der Waals surface area contributed by atoms with E-state index in [1.54, 1.807) is 0 Å². The average Bonchev–Trinajstić information content (AvgIpc) is 1.81. The summed E-state index contributed by atoms with van der Waals surface area (Å²) in [6.07, 6.45) is -0.356. The highest BCUT2D eigenvalue weighted by Gasteiger charge is 2.15. The fourth-order valence-corrected chi connectivity index (χ4v) is 0.867. The molecule has 78 valence electrons. The molecule has 0 unspecified atom stereocenters. The Hall–Kier alpha value is -0.0400. The van der Waals surface area contributed by atoms with E-state index in [2.05, 4.69) is 28.2 Å². The number of likely N-dealkylation sites (N-methyl/N-ethyl adjacent to an activating group) is 1. The molecule has 4 nitrogen and oxygen atoms in total. The number of nitrogens with zero attached hydrogens (tertiary/aromatic N) is 1. The first-order valence-electron chi connectivity index (χ1n) is 4.15. The van der Waals surface area contributed by atoms with Gasteiger partial charge in [-0.1, -0.05) is 0 Å². The topological polar surface area (TPSA) is 41.6 Å². The van der Waals surface area contributed by atoms with Gasteiger partial charge in [0.05, 0.1) is 0 Å². The molecule has 13 heavy (non-hydrogen) atoms. The Morgan fingerprint density at radius 2 is 2.08 bits per heavy atom. The highest BCUT2D eigenvalue weighted by Crippen LogP contribution is 2.06. The number of rotatable bonds is 3. The van der Waals surface area contributed by atoms with E-state index in [4.69, 9.17) is 4.74 Å². The van der Waals surface area contributed by atoms with Crippen molar-refractivity contribution in [3.05, 3.63) is 0 Å². The molecule has 0 aromatic carbocycles. The maximum Gasteiger partial charge on any atom is 0.407 e. The first kappa shape index (κ1) is 13.0. The van der Waals surface area contributed by atoms with E-state index in [0.29, 0.717) is 6.54 Å². The van der Waals surface area contributed by atoms with Gasteiger partial charge in [-0.05, 0) is 27.8 Å². The third kappa shape index (κ3) is 9.88. The van der Waals surface area contributed by atoms with Crippen LogP contribution in [-0.4, -0.2) is 34.9 Å². The molecule has 5 heteroatoms. The van der Waals surface area contributed by atoms with Crippen molar-refractivity contribution in [3.8, 4) is 0 Å². The molecule has 1 N–H and O–H groups in total. The van der Waals surface area contributed by atoms with E-state index in [0.717, 1.165) is 6.54 Å². The van der Waals surface area contributed by atoms with Gasteiger partial charge in [0.15, 0.2) is 0 Å². The minimum Gasteiger partial charge on any atom is -0.444 e. The molecule has 0 aliphatic rings. The second-order valence-corrected chi connectivity index (χ2v) is 5.40. The standard InChI is InChI=1S/C8H17IN2O2/c1-8(2,3)13-7(12)10-5-6-11(4)9/h5-6H2,1-4H3,(H,10,12). The fraction of sp³-hybridized carbons (Fsp3) is 0.875. The summed E-state index contributed by atoms with van der Waals surface area (Å²) >= 11 is 2.16. The van der Waals surface area contributed by atoms with Gasteiger partial charge in [0, 0.05) is 36.0 Å². The molecular formula is C8H17IN2O2. The number of amides is 1. The molecular weight excluding hydrogens is 283 g/mol. The summed E-state index contributed by atoms with van der Waals surface area (Å²) < 4.78 is 7.02. The van der Waals surface area contributed by atoms with E-state index in [-0.39, 0.29) is 6.09 Å². The molecule has 0 rings (SSSR count). The smallest absolute Gasteiger partial charge is 0.407 e. The van der Waals surface area contributed by atoms with Crippen molar-refractivity contribution in [1.29, 1.82) is 0 Å². The van der Waals surface area contributed by atoms with Gasteiger partial charge < -0.3 is 10.1 Å². The zero-order chi connectivity index (χ0) is 10.5. The van der Waals surface area contributed by atoms with Crippen molar-refractivity contribution >= 4 is 29.0 Å². The van der Waals surface area contributed by atoms with Crippen LogP contribution in [0.1, 0.15) is 20.8 Å². The first-order valence-corrected chi connectivity index (χ1v) is 5.11. The number of carbonyl (C=O) groups is 1. The van der Waals surface area contributed by atoms with Crippen LogP contribution in [0.3, 0.4) is 0 Å². The molecule has 0 aromatic rings. The Morgan fingerprint density at radius 1 is 1.54 bits per heavy atom. The predicted molar refractivity (Wildman–Crippen MR) is 60.9 cm³/mol. The number of carbonyl (C=O) groups excluding carboxylic acids is 1. The van der Waals surface area contributed by atoms with Crippen LogP contribution >= 0.6 is 22.9 Å². The molecule has 0 aromatic heterocycles. The zero-order valence-electron chi connectivity index (χ0n) is 8.56. The third-order valence-electron chi connectivity index (χ3n) is 1.09. The summed E-state index contributed by atoms with van der Waals surface area (Å²) in [7, 11) is 1.94. The van der Waals surface area contributed by atoms with Gasteiger partial charge in [-0.15, -0.1) is 0 Å². The van der Waals surface area contributed by atoms with Gasteiger partial charge in [-0.2, -0.15) is 0 Å². The maximum absolute atomic E-state index is 11.1. The van der Waals surface area contributed by atoms with Crippen molar-refractivity contribution in [1.82, 2.24) is 8.43 Å². The molecule has 0 heterocycles. The Kier molecular flexibility index (Phi) is 5.62. The summed E-state index contributed by atoms with van der Waals surface area (Å²) in [6.45, 7) is 6.94. The first-order chi connectivity index (χ1) is 5.81. The summed E-state index contributed by atoms with van der Waals surface area (Å²) in [5, 5.41) is 2.66. The lowest BCUT2D eigenvalue weighted by molar-refractivity contribution is 0.0527. The zero-order valence-corrected chi connectivity index (χ0v) is 10.7. The fourth-order valence-electron chi connectivity index (χ4n) is 0.626. The van der Waals surface area contributed by atoms with Crippen LogP contribution in [0.5, 0.6) is 0 Å². The van der Waals surface area contributed by atoms with Gasteiger partial charge in [-0.3, -0.25) is 0 Å². The van der Waals surface area contributed by atoms with E-state index in [1.165, 1.54) is 0 Å². The highest BCUT2D eigenvalue weighted by atomic mass is 127. The molecule has 0 aliphatic heterocycles. The Balaban J connectivity index is 3.53. The number of hydrogen-bond acceptors (Lipinski definition) is 3. The summed E-state index contributed by atoms with van der Waals surface area (Å²) in [6, 6.07) is 0. The second-order valence-electron chi connectivity index (χ2n) is 3.76. The van der Waals surface area contributed by atoms with E-state index in [1.807, 2.05) is 30.9 Å². The summed E-state index contributed by atoms with van der Waals surface area (Å²) in [5.41, 5.74) is -0.416. The maximum atomic E-state index is 11.1. The number of alkyl carbamates (subject to hydrolysis) is 1. The lowest BCUT2D eigenvalue weighted by Crippen LogP contribution is -2.35. The predicted octanol–water partition coefficient (Wildman–Crippen LogP) is 1.79. The van der Waals surface area contributed by atoms with Crippen molar-refractivity contribution in [2.75, 3.05) is 20.1 Å². The SMILES string of the molecule is CN(I)CCNC(=O)OC(C)(C)C. The van der Waals surface area contributed by atoms with Crippen molar-refractivity contribution in [3.63, 3.8) is 0 Å². The number of hydrogen-bond donors (Lipinski definition) is 1. The lowest BCUT2D eigenvalue weighted by atomic mass is 10.2. The Labute approximate surface area is 93.5 Å². The van der Waals surface area contributed by atoms with Crippen LogP contribution in [0.2, 0.25) is 0 Å². The molecule has 0 radical (unpaired) electrons. The van der Waals surface area contributed by atoms with E-state index < -0.39 is 5.60 Å². The van der Waals surface area contributed by atoms with Crippen molar-refractivity contribution in [2.45, 2.75) is 26.4 Å². The quantitative estimate of drug-likeness (QED) is 0.638. The van der Waals surface area contributed by atoms with Crippen LogP contribution in [0.15, 0.2) is 0 Å². The minimum atomic E-state index is -0.416. The number of nitrogens with one attached hydrogen (secondary N) is 1. The summed E-state index contributed by atoms with van der Waals surface area (Å²) in [5.74, 6) is 0. The molecule has 0 bridgehead atoms. The largest absolute Gasteiger partial charge is 0.444 e. The van der Waals surface area contributed by atoms with Crippen LogP contribution in [0.25, 0.3) is 0 Å². The molecule has 0 saturated heterocycles. The molecule has 0 spiro atoms. The molecule has 0 aliphatic carbocycles. The highest BCUT2D eigenvalue weighted by molar-refractivity contribution is 14.1. The van der Waals surface area contributed by atoms with Crippen LogP contribution in [0.4, 0.5) is 4.79 Å². The normalized spacial score (nSPS) is 11.5. The Bertz CT molecular complexity index is 166. The van der Waals surface area contributed by atoms with Crippen molar-refractivity contribution < 1.29 is 9.53 Å². The van der Waals surface area contributed by atoms with Crippen LogP contribution in [-0.2, 0) is 4.74 Å². The van der Waals surface area contributed by atoms with E-state index >= 15 is 0 Å². The van der Waals surface area contributed by atoms with Gasteiger partial charge in [-0.25, -0.2) is 7.91 Å². The average molecular weight is 300 g/mol. The third-order valence-corrected chi connectivity index (χ3v) is 1.57. The minimum absolute atomic E-state index is 0.356. The van der Waals surface area contributed by atoms with Gasteiger partial charge in [0.1, 0.15) is 5.60 Å².